The van der Waals surface area contributed by atoms with E-state index in [-0.39, 0.29) is 0 Å². The molecule has 0 aromatic rings. The molecule has 0 atom stereocenters. The van der Waals surface area contributed by atoms with Crippen molar-refractivity contribution in [3.63, 3.8) is 0 Å². The maximum atomic E-state index is 9.05. The van der Waals surface area contributed by atoms with E-state index in [1.807, 2.05) is 0 Å². The second-order valence-corrected chi connectivity index (χ2v) is 3.76. The summed E-state index contributed by atoms with van der Waals surface area (Å²) >= 11 is 0. The van der Waals surface area contributed by atoms with Crippen molar-refractivity contribution in [1.29, 1.82) is 0 Å². The monoisotopic (exact) mass is 222 g/mol. The van der Waals surface area contributed by atoms with Crippen LogP contribution < -0.4 is 33.2 Å². The fourth-order valence-electron chi connectivity index (χ4n) is 1.53. The minimum absolute atomic E-state index is 0.521. The number of hydrogen-bond donors (Lipinski definition) is 9. The van der Waals surface area contributed by atoms with Crippen LogP contribution in [0.15, 0.2) is 0 Å². The third kappa shape index (κ3) is 2.60. The molecule has 90 valence electrons. The average Bonchev–Trinajstić information content (AvgIpc) is 2.16. The summed E-state index contributed by atoms with van der Waals surface area (Å²) in [7, 11) is 0. The molecule has 0 aromatic heterocycles. The van der Waals surface area contributed by atoms with Gasteiger partial charge < -0.3 is 15.3 Å². The number of aliphatic hydroxyl groups is 3. The van der Waals surface area contributed by atoms with Crippen molar-refractivity contribution in [2.75, 3.05) is 19.8 Å². The van der Waals surface area contributed by atoms with Crippen LogP contribution in [0.4, 0.5) is 0 Å². The highest BCUT2D eigenvalue weighted by atomic mass is 16.3. The molecule has 0 aliphatic carbocycles. The van der Waals surface area contributed by atoms with E-state index in [0.29, 0.717) is 0 Å². The number of nitrogens with two attached hydrogens (primary N) is 3. The third-order valence-electron chi connectivity index (χ3n) is 2.09. The summed E-state index contributed by atoms with van der Waals surface area (Å²) < 4.78 is 0. The molecule has 1 fully saturated rings. The van der Waals surface area contributed by atoms with Crippen molar-refractivity contribution in [1.82, 2.24) is 16.0 Å². The molecule has 1 aliphatic rings. The summed E-state index contributed by atoms with van der Waals surface area (Å²) in [6.45, 7) is -1.56. The van der Waals surface area contributed by atoms with Crippen LogP contribution in [0.25, 0.3) is 0 Å². The van der Waals surface area contributed by atoms with E-state index in [4.69, 9.17) is 32.5 Å². The molecule has 0 bridgehead atoms. The molecule has 1 heterocycles. The van der Waals surface area contributed by atoms with Gasteiger partial charge in [0, 0.05) is 0 Å². The smallest absolute Gasteiger partial charge is 0.149 e. The zero-order valence-corrected chi connectivity index (χ0v) is 8.20. The van der Waals surface area contributed by atoms with Gasteiger partial charge in [-0.25, -0.2) is 0 Å². The molecule has 0 saturated carbocycles. The van der Waals surface area contributed by atoms with Gasteiger partial charge in [-0.2, -0.15) is 0 Å². The molecule has 1 saturated heterocycles. The predicted octanol–water partition coefficient (Wildman–Crippen LogP) is -5.42. The standard InChI is InChI=1S/C6H18N6O3/c7-4(1-13)10-5(8,2-14)12-6(9,3-15)11-4/h10-15H,1-3,7-9H2. The number of aliphatic hydroxyl groups excluding tert-OH is 3. The van der Waals surface area contributed by atoms with Crippen molar-refractivity contribution in [2.45, 2.75) is 17.4 Å². The highest BCUT2D eigenvalue weighted by Gasteiger charge is 2.48. The number of rotatable bonds is 3. The largest absolute Gasteiger partial charge is 0.392 e. The SMILES string of the molecule is NC1(CO)NC(N)(CO)NC(N)(CO)N1. The third-order valence-corrected chi connectivity index (χ3v) is 2.09. The summed E-state index contributed by atoms with van der Waals surface area (Å²) in [6.07, 6.45) is 0. The molecular weight excluding hydrogens is 204 g/mol. The van der Waals surface area contributed by atoms with Crippen LogP contribution in [-0.2, 0) is 0 Å². The maximum absolute atomic E-state index is 9.05. The first-order chi connectivity index (χ1) is 6.80. The van der Waals surface area contributed by atoms with Crippen molar-refractivity contribution in [2.24, 2.45) is 17.2 Å². The fourth-order valence-corrected chi connectivity index (χ4v) is 1.53. The molecule has 0 aromatic carbocycles. The normalized spacial score (nSPS) is 46.8. The summed E-state index contributed by atoms with van der Waals surface area (Å²) in [5.41, 5.74) is 17.0. The Labute approximate surface area is 86.6 Å². The van der Waals surface area contributed by atoms with E-state index in [1.54, 1.807) is 0 Å². The summed E-state index contributed by atoms with van der Waals surface area (Å²) in [4.78, 5) is 0. The Kier molecular flexibility index (Phi) is 3.30. The van der Waals surface area contributed by atoms with Crippen LogP contribution in [-0.4, -0.2) is 52.5 Å². The second kappa shape index (κ2) is 3.90. The topological polar surface area (TPSA) is 175 Å². The van der Waals surface area contributed by atoms with E-state index < -0.39 is 37.2 Å². The van der Waals surface area contributed by atoms with Gasteiger partial charge in [0.15, 0.2) is 0 Å². The van der Waals surface area contributed by atoms with Gasteiger partial charge in [0.05, 0.1) is 19.8 Å². The first-order valence-corrected chi connectivity index (χ1v) is 4.38. The van der Waals surface area contributed by atoms with Crippen LogP contribution in [0.2, 0.25) is 0 Å². The molecule has 15 heavy (non-hydrogen) atoms. The van der Waals surface area contributed by atoms with E-state index in [9.17, 15) is 0 Å². The van der Waals surface area contributed by atoms with E-state index in [2.05, 4.69) is 16.0 Å². The Hall–Kier alpha value is -0.360. The fraction of sp³-hybridized carbons (Fsp3) is 1.00. The van der Waals surface area contributed by atoms with Gasteiger partial charge in [0.2, 0.25) is 0 Å². The molecule has 1 aliphatic heterocycles. The van der Waals surface area contributed by atoms with Crippen molar-refractivity contribution < 1.29 is 15.3 Å². The quantitative estimate of drug-likeness (QED) is 0.225. The van der Waals surface area contributed by atoms with Gasteiger partial charge >= 0.3 is 0 Å². The first-order valence-electron chi connectivity index (χ1n) is 4.38. The van der Waals surface area contributed by atoms with E-state index in [0.717, 1.165) is 0 Å². The van der Waals surface area contributed by atoms with E-state index in [1.165, 1.54) is 0 Å². The minimum atomic E-state index is -1.49. The average molecular weight is 222 g/mol. The predicted molar refractivity (Wildman–Crippen MR) is 51.4 cm³/mol. The summed E-state index contributed by atoms with van der Waals surface area (Å²) in [5, 5.41) is 34.8. The van der Waals surface area contributed by atoms with Crippen LogP contribution >= 0.6 is 0 Å². The summed E-state index contributed by atoms with van der Waals surface area (Å²) in [5.74, 6) is -4.46. The number of nitrogens with one attached hydrogen (secondary N) is 3. The minimum Gasteiger partial charge on any atom is -0.392 e. The molecule has 0 amide bonds. The van der Waals surface area contributed by atoms with Gasteiger partial charge in [-0.05, 0) is 0 Å². The molecule has 12 N–H and O–H groups in total. The van der Waals surface area contributed by atoms with Gasteiger partial charge in [-0.1, -0.05) is 0 Å². The van der Waals surface area contributed by atoms with Crippen LogP contribution in [0.1, 0.15) is 0 Å². The van der Waals surface area contributed by atoms with Crippen LogP contribution in [0.3, 0.4) is 0 Å². The lowest BCUT2D eigenvalue weighted by Crippen LogP contribution is -2.94. The lowest BCUT2D eigenvalue weighted by molar-refractivity contribution is -0.0679. The van der Waals surface area contributed by atoms with Gasteiger partial charge in [0.1, 0.15) is 17.4 Å². The lowest BCUT2D eigenvalue weighted by atomic mass is 10.1. The summed E-state index contributed by atoms with van der Waals surface area (Å²) in [6, 6.07) is 0. The Bertz CT molecular complexity index is 193. The molecule has 0 spiro atoms. The zero-order valence-electron chi connectivity index (χ0n) is 8.20. The van der Waals surface area contributed by atoms with Crippen molar-refractivity contribution in [3.05, 3.63) is 0 Å². The van der Waals surface area contributed by atoms with E-state index >= 15 is 0 Å². The maximum Gasteiger partial charge on any atom is 0.149 e. The lowest BCUT2D eigenvalue weighted by Gasteiger charge is -2.52. The Morgan fingerprint density at radius 2 is 0.867 bits per heavy atom. The van der Waals surface area contributed by atoms with Crippen LogP contribution in [0, 0.1) is 0 Å². The molecule has 0 unspecified atom stereocenters. The van der Waals surface area contributed by atoms with Crippen molar-refractivity contribution >= 4 is 0 Å². The molecule has 9 nitrogen and oxygen atoms in total. The number of hydrogen-bond acceptors (Lipinski definition) is 9. The molecule has 9 heteroatoms. The second-order valence-electron chi connectivity index (χ2n) is 3.76. The Morgan fingerprint density at radius 1 is 0.667 bits per heavy atom. The Balaban J connectivity index is 2.92. The van der Waals surface area contributed by atoms with Crippen molar-refractivity contribution in [3.8, 4) is 0 Å². The van der Waals surface area contributed by atoms with Gasteiger partial charge in [-0.3, -0.25) is 33.2 Å². The van der Waals surface area contributed by atoms with Gasteiger partial charge in [-0.15, -0.1) is 0 Å². The van der Waals surface area contributed by atoms with Crippen LogP contribution in [0.5, 0.6) is 0 Å². The highest BCUT2D eigenvalue weighted by Crippen LogP contribution is 2.09. The molecular formula is C6H18N6O3. The first kappa shape index (κ1) is 12.7. The Morgan fingerprint density at radius 3 is 1.00 bits per heavy atom. The van der Waals surface area contributed by atoms with Gasteiger partial charge in [0.25, 0.3) is 0 Å². The zero-order chi connectivity index (χ0) is 11.7. The molecule has 0 radical (unpaired) electrons. The highest BCUT2D eigenvalue weighted by molar-refractivity contribution is 5.01. The molecule has 1 rings (SSSR count).